The Bertz CT molecular complexity index is 1680. The Labute approximate surface area is 216 Å². The van der Waals surface area contributed by atoms with E-state index in [9.17, 15) is 9.59 Å². The summed E-state index contributed by atoms with van der Waals surface area (Å²) < 4.78 is 6.77. The van der Waals surface area contributed by atoms with Crippen LogP contribution in [0.25, 0.3) is 22.3 Å². The molecule has 0 radical (unpaired) electrons. The largest absolute Gasteiger partial charge is 0.422 e. The van der Waals surface area contributed by atoms with Gasteiger partial charge in [0.2, 0.25) is 0 Å². The molecule has 176 valence electrons. The van der Waals surface area contributed by atoms with E-state index in [1.807, 2.05) is 6.07 Å². The maximum Gasteiger partial charge on any atom is 0.343 e. The van der Waals surface area contributed by atoms with E-state index < -0.39 is 5.97 Å². The average molecular weight is 514 g/mol. The lowest BCUT2D eigenvalue weighted by molar-refractivity contribution is 0.0734. The summed E-state index contributed by atoms with van der Waals surface area (Å²) in [5.41, 5.74) is 1.53. The second-order valence-corrected chi connectivity index (χ2v) is 8.58. The van der Waals surface area contributed by atoms with Crippen LogP contribution in [0, 0.1) is 0 Å². The number of rotatable bonds is 5. The standard InChI is InChI=1S/C28H17Cl2N3O3/c29-20-14-15-21(23(30)16-20)26-32-24-12-6-5-11-22(24)27(34)33(26)31-17-19-10-4-7-13-25(19)36-28(35)18-8-2-1-3-9-18/h1-17H/b31-17+. The maximum absolute atomic E-state index is 13.4. The molecule has 8 heteroatoms. The number of halogens is 2. The number of para-hydroxylation sites is 2. The highest BCUT2D eigenvalue weighted by molar-refractivity contribution is 6.36. The van der Waals surface area contributed by atoms with Crippen LogP contribution in [0.1, 0.15) is 15.9 Å². The van der Waals surface area contributed by atoms with Crippen molar-refractivity contribution in [1.82, 2.24) is 9.66 Å². The second-order valence-electron chi connectivity index (χ2n) is 7.73. The summed E-state index contributed by atoms with van der Waals surface area (Å²) in [5.74, 6) is 0.0352. The lowest BCUT2D eigenvalue weighted by atomic mass is 10.2. The van der Waals surface area contributed by atoms with Gasteiger partial charge in [0, 0.05) is 16.1 Å². The highest BCUT2D eigenvalue weighted by Crippen LogP contribution is 2.29. The van der Waals surface area contributed by atoms with Gasteiger partial charge in [-0.15, -0.1) is 0 Å². The van der Waals surface area contributed by atoms with Gasteiger partial charge in [-0.1, -0.05) is 65.7 Å². The Morgan fingerprint density at radius 3 is 2.42 bits per heavy atom. The third-order valence-corrected chi connectivity index (χ3v) is 5.92. The van der Waals surface area contributed by atoms with Gasteiger partial charge in [-0.3, -0.25) is 4.79 Å². The number of aromatic nitrogens is 2. The summed E-state index contributed by atoms with van der Waals surface area (Å²) in [6, 6.07) is 27.5. The van der Waals surface area contributed by atoms with E-state index in [1.54, 1.807) is 91.0 Å². The Balaban J connectivity index is 1.60. The molecule has 0 aliphatic heterocycles. The zero-order valence-corrected chi connectivity index (χ0v) is 20.1. The topological polar surface area (TPSA) is 73.5 Å². The number of esters is 1. The molecule has 6 nitrogen and oxygen atoms in total. The van der Waals surface area contributed by atoms with Crippen molar-refractivity contribution in [2.45, 2.75) is 0 Å². The van der Waals surface area contributed by atoms with Crippen molar-refractivity contribution in [1.29, 1.82) is 0 Å². The summed E-state index contributed by atoms with van der Waals surface area (Å²) in [6.07, 6.45) is 1.44. The van der Waals surface area contributed by atoms with Crippen LogP contribution >= 0.6 is 23.2 Å². The zero-order valence-electron chi connectivity index (χ0n) is 18.6. The van der Waals surface area contributed by atoms with Gasteiger partial charge in [-0.05, 0) is 54.6 Å². The molecule has 0 N–H and O–H groups in total. The highest BCUT2D eigenvalue weighted by Gasteiger charge is 2.16. The van der Waals surface area contributed by atoms with Crippen LogP contribution in [0.4, 0.5) is 0 Å². The fraction of sp³-hybridized carbons (Fsp3) is 0. The fourth-order valence-corrected chi connectivity index (χ4v) is 4.10. The van der Waals surface area contributed by atoms with Crippen LogP contribution in [0.2, 0.25) is 10.0 Å². The zero-order chi connectivity index (χ0) is 25.1. The lowest BCUT2D eigenvalue weighted by Crippen LogP contribution is -2.20. The molecule has 4 aromatic carbocycles. The molecule has 0 amide bonds. The first-order valence-corrected chi connectivity index (χ1v) is 11.6. The van der Waals surface area contributed by atoms with Crippen molar-refractivity contribution in [3.63, 3.8) is 0 Å². The van der Waals surface area contributed by atoms with Gasteiger partial charge in [-0.25, -0.2) is 9.78 Å². The SMILES string of the molecule is O=C(Oc1ccccc1/C=N/n1c(-c2ccc(Cl)cc2Cl)nc2ccccc2c1=O)c1ccccc1. The van der Waals surface area contributed by atoms with Crippen molar-refractivity contribution < 1.29 is 9.53 Å². The molecule has 0 aliphatic carbocycles. The van der Waals surface area contributed by atoms with Crippen LogP contribution in [0.3, 0.4) is 0 Å². The van der Waals surface area contributed by atoms with Crippen molar-refractivity contribution in [2.24, 2.45) is 5.10 Å². The van der Waals surface area contributed by atoms with Crippen molar-refractivity contribution in [3.8, 4) is 17.1 Å². The molecule has 36 heavy (non-hydrogen) atoms. The van der Waals surface area contributed by atoms with Crippen LogP contribution in [-0.2, 0) is 0 Å². The normalized spacial score (nSPS) is 11.2. The molecule has 0 saturated heterocycles. The molecular formula is C28H17Cl2N3O3. The van der Waals surface area contributed by atoms with E-state index in [0.29, 0.717) is 43.4 Å². The Hall–Kier alpha value is -4.26. The smallest absolute Gasteiger partial charge is 0.343 e. The van der Waals surface area contributed by atoms with Crippen molar-refractivity contribution in [3.05, 3.63) is 129 Å². The summed E-state index contributed by atoms with van der Waals surface area (Å²) in [4.78, 5) is 30.7. The summed E-state index contributed by atoms with van der Waals surface area (Å²) in [6.45, 7) is 0. The van der Waals surface area contributed by atoms with Gasteiger partial charge in [-0.2, -0.15) is 9.78 Å². The number of nitrogens with zero attached hydrogens (tertiary/aromatic N) is 3. The molecule has 1 aromatic heterocycles. The fourth-order valence-electron chi connectivity index (χ4n) is 3.61. The summed E-state index contributed by atoms with van der Waals surface area (Å²) in [7, 11) is 0. The van der Waals surface area contributed by atoms with Gasteiger partial charge in [0.1, 0.15) is 5.75 Å². The van der Waals surface area contributed by atoms with E-state index in [4.69, 9.17) is 27.9 Å². The number of fused-ring (bicyclic) bond motifs is 1. The van der Waals surface area contributed by atoms with Crippen LogP contribution in [0.5, 0.6) is 5.75 Å². The predicted octanol–water partition coefficient (Wildman–Crippen LogP) is 6.47. The number of benzene rings is 4. The van der Waals surface area contributed by atoms with E-state index in [1.165, 1.54) is 10.9 Å². The highest BCUT2D eigenvalue weighted by atomic mass is 35.5. The molecule has 5 aromatic rings. The average Bonchev–Trinajstić information content (AvgIpc) is 2.89. The molecule has 0 aliphatic rings. The molecule has 1 heterocycles. The quantitative estimate of drug-likeness (QED) is 0.153. The minimum atomic E-state index is -0.505. The first-order chi connectivity index (χ1) is 17.5. The number of hydrogen-bond acceptors (Lipinski definition) is 5. The monoisotopic (exact) mass is 513 g/mol. The summed E-state index contributed by atoms with van der Waals surface area (Å²) in [5, 5.41) is 5.62. The Morgan fingerprint density at radius 2 is 1.61 bits per heavy atom. The number of hydrogen-bond donors (Lipinski definition) is 0. The van der Waals surface area contributed by atoms with Crippen molar-refractivity contribution in [2.75, 3.05) is 0 Å². The maximum atomic E-state index is 13.4. The van der Waals surface area contributed by atoms with Crippen LogP contribution in [0.15, 0.2) is 107 Å². The first kappa shape index (κ1) is 23.5. The molecular weight excluding hydrogens is 497 g/mol. The second kappa shape index (κ2) is 10.2. The van der Waals surface area contributed by atoms with Crippen LogP contribution < -0.4 is 10.3 Å². The van der Waals surface area contributed by atoms with Crippen LogP contribution in [-0.4, -0.2) is 21.8 Å². The van der Waals surface area contributed by atoms with Crippen molar-refractivity contribution >= 4 is 46.3 Å². The molecule has 0 atom stereocenters. The Kier molecular flexibility index (Phi) is 6.62. The third kappa shape index (κ3) is 4.77. The minimum absolute atomic E-state index is 0.246. The van der Waals surface area contributed by atoms with E-state index in [0.717, 1.165) is 0 Å². The summed E-state index contributed by atoms with van der Waals surface area (Å²) >= 11 is 12.5. The third-order valence-electron chi connectivity index (χ3n) is 5.37. The number of carbonyl (C=O) groups excluding carboxylic acids is 1. The number of carbonyl (C=O) groups is 1. The molecule has 0 saturated carbocycles. The van der Waals surface area contributed by atoms with E-state index in [2.05, 4.69) is 10.1 Å². The molecule has 0 fully saturated rings. The van der Waals surface area contributed by atoms with E-state index >= 15 is 0 Å². The number of ether oxygens (including phenoxy) is 1. The van der Waals surface area contributed by atoms with Gasteiger partial charge >= 0.3 is 5.97 Å². The molecule has 0 bridgehead atoms. The first-order valence-electron chi connectivity index (χ1n) is 10.9. The van der Waals surface area contributed by atoms with Gasteiger partial charge < -0.3 is 4.74 Å². The molecule has 5 rings (SSSR count). The van der Waals surface area contributed by atoms with Gasteiger partial charge in [0.05, 0.1) is 27.7 Å². The molecule has 0 spiro atoms. The van der Waals surface area contributed by atoms with Gasteiger partial charge in [0.15, 0.2) is 5.82 Å². The minimum Gasteiger partial charge on any atom is -0.422 e. The lowest BCUT2D eigenvalue weighted by Gasteiger charge is -2.11. The van der Waals surface area contributed by atoms with Gasteiger partial charge in [0.25, 0.3) is 5.56 Å². The predicted molar refractivity (Wildman–Crippen MR) is 142 cm³/mol. The Morgan fingerprint density at radius 1 is 0.889 bits per heavy atom. The van der Waals surface area contributed by atoms with E-state index in [-0.39, 0.29) is 11.4 Å². The molecule has 0 unspecified atom stereocenters.